The summed E-state index contributed by atoms with van der Waals surface area (Å²) in [5, 5.41) is 4.08. The fourth-order valence-corrected chi connectivity index (χ4v) is 3.24. The summed E-state index contributed by atoms with van der Waals surface area (Å²) in [4.78, 5) is 19.2. The van der Waals surface area contributed by atoms with Gasteiger partial charge in [0.05, 0.1) is 6.04 Å². The van der Waals surface area contributed by atoms with Crippen LogP contribution in [0.4, 0.5) is 0 Å². The summed E-state index contributed by atoms with van der Waals surface area (Å²) in [6.45, 7) is 4.87. The molecular weight excluding hydrogens is 322 g/mol. The van der Waals surface area contributed by atoms with Gasteiger partial charge in [-0.15, -0.1) is 0 Å². The van der Waals surface area contributed by atoms with Crippen LogP contribution in [0.3, 0.4) is 0 Å². The highest BCUT2D eigenvalue weighted by Gasteiger charge is 2.39. The van der Waals surface area contributed by atoms with Crippen molar-refractivity contribution in [2.45, 2.75) is 44.8 Å². The molecule has 4 rings (SSSR count). The number of amides is 1. The third-order valence-electron chi connectivity index (χ3n) is 4.57. The van der Waals surface area contributed by atoms with Crippen molar-refractivity contribution in [3.8, 4) is 11.5 Å². The molecule has 2 unspecified atom stereocenters. The predicted octanol–water partition coefficient (Wildman–Crippen LogP) is 2.70. The van der Waals surface area contributed by atoms with Gasteiger partial charge in [0.15, 0.2) is 17.3 Å². The van der Waals surface area contributed by atoms with Gasteiger partial charge in [-0.1, -0.05) is 31.1 Å². The molecule has 0 spiro atoms. The lowest BCUT2D eigenvalue weighted by atomic mass is 10.2. The van der Waals surface area contributed by atoms with Crippen molar-refractivity contribution in [1.82, 2.24) is 15.0 Å². The van der Waals surface area contributed by atoms with Gasteiger partial charge in [0.2, 0.25) is 12.0 Å². The summed E-state index contributed by atoms with van der Waals surface area (Å²) < 4.78 is 16.8. The van der Waals surface area contributed by atoms with Gasteiger partial charge in [-0.25, -0.2) is 0 Å². The van der Waals surface area contributed by atoms with Crippen LogP contribution in [0, 0.1) is 0 Å². The molecule has 0 saturated carbocycles. The summed E-state index contributed by atoms with van der Waals surface area (Å²) >= 11 is 0. The van der Waals surface area contributed by atoms with Crippen molar-refractivity contribution in [1.29, 1.82) is 0 Å². The molecule has 0 aliphatic carbocycles. The largest absolute Gasteiger partial charge is 0.485 e. The second kappa shape index (κ2) is 6.38. The number of carbonyl (C=O) groups is 1. The Hall–Kier alpha value is -2.57. The normalized spacial score (nSPS) is 22.4. The van der Waals surface area contributed by atoms with E-state index in [1.165, 1.54) is 0 Å². The zero-order valence-corrected chi connectivity index (χ0v) is 14.3. The minimum atomic E-state index is -0.646. The number of nitrogens with zero attached hydrogens (tertiary/aromatic N) is 3. The Morgan fingerprint density at radius 2 is 2.08 bits per heavy atom. The van der Waals surface area contributed by atoms with Crippen molar-refractivity contribution in [3.05, 3.63) is 36.0 Å². The van der Waals surface area contributed by atoms with E-state index in [1.54, 1.807) is 4.90 Å². The molecule has 132 valence electrons. The molecule has 2 aromatic rings. The highest BCUT2D eigenvalue weighted by atomic mass is 16.6. The molecule has 0 N–H and O–H groups in total. The first kappa shape index (κ1) is 15.9. The fourth-order valence-electron chi connectivity index (χ4n) is 3.24. The summed E-state index contributed by atoms with van der Waals surface area (Å²) in [5.41, 5.74) is 0. The van der Waals surface area contributed by atoms with E-state index in [0.717, 1.165) is 12.8 Å². The quantitative estimate of drug-likeness (QED) is 0.853. The Morgan fingerprint density at radius 1 is 1.28 bits per heavy atom. The number of likely N-dealkylation sites (tertiary alicyclic amines) is 1. The maximum atomic E-state index is 13.0. The van der Waals surface area contributed by atoms with E-state index in [1.807, 2.05) is 38.1 Å². The van der Waals surface area contributed by atoms with Crippen LogP contribution in [0.2, 0.25) is 0 Å². The maximum Gasteiger partial charge on any atom is 0.267 e. The van der Waals surface area contributed by atoms with Crippen molar-refractivity contribution < 1.29 is 18.8 Å². The van der Waals surface area contributed by atoms with Crippen LogP contribution in [0.15, 0.2) is 28.8 Å². The Labute approximate surface area is 145 Å². The van der Waals surface area contributed by atoms with Gasteiger partial charge in [0.1, 0.15) is 6.61 Å². The summed E-state index contributed by atoms with van der Waals surface area (Å²) in [6, 6.07) is 7.22. The van der Waals surface area contributed by atoms with Gasteiger partial charge in [-0.2, -0.15) is 4.98 Å². The van der Waals surface area contributed by atoms with Crippen molar-refractivity contribution in [2.24, 2.45) is 0 Å². The number of hydrogen-bond donors (Lipinski definition) is 0. The van der Waals surface area contributed by atoms with E-state index in [0.29, 0.717) is 29.8 Å². The molecule has 7 nitrogen and oxygen atoms in total. The average Bonchev–Trinajstić information content (AvgIpc) is 3.29. The molecule has 0 radical (unpaired) electrons. The summed E-state index contributed by atoms with van der Waals surface area (Å²) in [6.07, 6.45) is 1.09. The molecular formula is C18H21N3O4. The number of hydrogen-bond acceptors (Lipinski definition) is 6. The molecule has 2 atom stereocenters. The van der Waals surface area contributed by atoms with Gasteiger partial charge in [0.25, 0.3) is 5.91 Å². The Morgan fingerprint density at radius 3 is 2.84 bits per heavy atom. The van der Waals surface area contributed by atoms with Crippen LogP contribution in [-0.2, 0) is 4.79 Å². The Kier molecular flexibility index (Phi) is 4.07. The number of rotatable bonds is 3. The monoisotopic (exact) mass is 343 g/mol. The highest BCUT2D eigenvalue weighted by molar-refractivity contribution is 5.82. The number of aromatic nitrogens is 2. The summed E-state index contributed by atoms with van der Waals surface area (Å²) in [5.74, 6) is 2.52. The lowest BCUT2D eigenvalue weighted by Gasteiger charge is -2.30. The van der Waals surface area contributed by atoms with Crippen LogP contribution in [0.1, 0.15) is 50.4 Å². The predicted molar refractivity (Wildman–Crippen MR) is 88.4 cm³/mol. The molecule has 2 aliphatic rings. The molecule has 1 amide bonds. The van der Waals surface area contributed by atoms with Crippen LogP contribution in [0.5, 0.6) is 11.5 Å². The van der Waals surface area contributed by atoms with Crippen LogP contribution >= 0.6 is 0 Å². The van der Waals surface area contributed by atoms with Crippen molar-refractivity contribution in [3.63, 3.8) is 0 Å². The van der Waals surface area contributed by atoms with Gasteiger partial charge >= 0.3 is 0 Å². The maximum absolute atomic E-state index is 13.0. The number of benzene rings is 1. The first-order valence-electron chi connectivity index (χ1n) is 8.66. The Bertz CT molecular complexity index is 773. The number of carbonyl (C=O) groups excluding carboxylic acids is 1. The minimum absolute atomic E-state index is 0.0899. The van der Waals surface area contributed by atoms with Gasteiger partial charge < -0.3 is 18.9 Å². The number of para-hydroxylation sites is 2. The van der Waals surface area contributed by atoms with Gasteiger partial charge in [0, 0.05) is 12.5 Å². The molecule has 1 saturated heterocycles. The fraction of sp³-hybridized carbons (Fsp3) is 0.500. The molecule has 2 aliphatic heterocycles. The first-order valence-corrected chi connectivity index (χ1v) is 8.66. The van der Waals surface area contributed by atoms with Crippen molar-refractivity contribution >= 4 is 5.91 Å². The second-order valence-electron chi connectivity index (χ2n) is 6.70. The number of ether oxygens (including phenoxy) is 2. The average molecular weight is 343 g/mol. The molecule has 0 bridgehead atoms. The zero-order valence-electron chi connectivity index (χ0n) is 14.3. The topological polar surface area (TPSA) is 77.7 Å². The second-order valence-corrected chi connectivity index (χ2v) is 6.70. The first-order chi connectivity index (χ1) is 12.1. The Balaban J connectivity index is 1.51. The third-order valence-corrected chi connectivity index (χ3v) is 4.57. The highest BCUT2D eigenvalue weighted by Crippen LogP contribution is 2.35. The van der Waals surface area contributed by atoms with E-state index >= 15 is 0 Å². The smallest absolute Gasteiger partial charge is 0.267 e. The van der Waals surface area contributed by atoms with Crippen molar-refractivity contribution in [2.75, 3.05) is 13.2 Å². The van der Waals surface area contributed by atoms with Gasteiger partial charge in [-0.3, -0.25) is 4.79 Å². The van der Waals surface area contributed by atoms with Crippen LogP contribution in [0.25, 0.3) is 0 Å². The molecule has 1 aromatic heterocycles. The third kappa shape index (κ3) is 2.94. The molecule has 7 heteroatoms. The van der Waals surface area contributed by atoms with Crippen LogP contribution in [-0.4, -0.2) is 40.2 Å². The molecule has 1 fully saturated rings. The number of fused-ring (bicyclic) bond motifs is 1. The van der Waals surface area contributed by atoms with E-state index in [-0.39, 0.29) is 24.5 Å². The standard InChI is InChI=1S/C18H21N3O4/c1-11(2)17-19-16(20-25-17)12-6-5-9-21(12)18(22)15-10-23-13-7-3-4-8-14(13)24-15/h3-4,7-8,11-12,15H,5-6,9-10H2,1-2H3. The van der Waals surface area contributed by atoms with Gasteiger partial charge in [-0.05, 0) is 25.0 Å². The van der Waals surface area contributed by atoms with E-state index in [9.17, 15) is 4.79 Å². The summed E-state index contributed by atoms with van der Waals surface area (Å²) in [7, 11) is 0. The van der Waals surface area contributed by atoms with E-state index in [4.69, 9.17) is 14.0 Å². The lowest BCUT2D eigenvalue weighted by Crippen LogP contribution is -2.46. The van der Waals surface area contributed by atoms with Crippen LogP contribution < -0.4 is 9.47 Å². The lowest BCUT2D eigenvalue weighted by molar-refractivity contribution is -0.142. The van der Waals surface area contributed by atoms with E-state index < -0.39 is 6.10 Å². The van der Waals surface area contributed by atoms with E-state index in [2.05, 4.69) is 10.1 Å². The minimum Gasteiger partial charge on any atom is -0.485 e. The zero-order chi connectivity index (χ0) is 17.4. The SMILES string of the molecule is CC(C)c1nc(C2CCCN2C(=O)C2COc3ccccc3O2)no1. The molecule has 25 heavy (non-hydrogen) atoms. The molecule has 1 aromatic carbocycles. The molecule has 3 heterocycles.